The Bertz CT molecular complexity index is 520. The number of carbonyl (C=O) groups is 1. The number of carbonyl (C=O) groups excluding carboxylic acids is 1. The molecule has 17 heavy (non-hydrogen) atoms. The number of amides is 1. The zero-order chi connectivity index (χ0) is 12.3. The molecule has 1 amide bonds. The summed E-state index contributed by atoms with van der Waals surface area (Å²) in [5, 5.41) is 15.6. The number of hydroxylamine groups is 1. The molecule has 0 fully saturated rings. The van der Waals surface area contributed by atoms with Crippen LogP contribution in [-0.4, -0.2) is 21.3 Å². The highest BCUT2D eigenvalue weighted by molar-refractivity contribution is 5.80. The summed E-state index contributed by atoms with van der Waals surface area (Å²) in [4.78, 5) is 11.2. The van der Waals surface area contributed by atoms with Gasteiger partial charge in [-0.25, -0.2) is 5.48 Å². The smallest absolute Gasteiger partial charge is 0.247 e. The van der Waals surface area contributed by atoms with Crippen LogP contribution in [0.2, 0.25) is 0 Å². The van der Waals surface area contributed by atoms with E-state index in [0.29, 0.717) is 0 Å². The van der Waals surface area contributed by atoms with E-state index in [9.17, 15) is 4.79 Å². The third-order valence-corrected chi connectivity index (χ3v) is 2.58. The molecule has 2 rings (SSSR count). The molecule has 88 valence electrons. The lowest BCUT2D eigenvalue weighted by molar-refractivity contribution is -0.128. The van der Waals surface area contributed by atoms with E-state index in [-0.39, 0.29) is 6.42 Å². The van der Waals surface area contributed by atoms with Crippen molar-refractivity contribution in [2.24, 2.45) is 0 Å². The highest BCUT2D eigenvalue weighted by Gasteiger charge is 2.14. The molecule has 0 unspecified atom stereocenters. The molecule has 5 heteroatoms. The molecule has 0 aliphatic rings. The molecular formula is C12H13N3O2. The summed E-state index contributed by atoms with van der Waals surface area (Å²) in [6.45, 7) is 1.85. The molecule has 0 bridgehead atoms. The van der Waals surface area contributed by atoms with E-state index >= 15 is 0 Å². The Morgan fingerprint density at radius 3 is 2.76 bits per heavy atom. The summed E-state index contributed by atoms with van der Waals surface area (Å²) in [5.74, 6) is -0.452. The first-order valence-electron chi connectivity index (χ1n) is 5.24. The molecule has 5 nitrogen and oxygen atoms in total. The van der Waals surface area contributed by atoms with Crippen LogP contribution in [0.15, 0.2) is 30.3 Å². The molecule has 3 N–H and O–H groups in total. The van der Waals surface area contributed by atoms with Crippen LogP contribution in [0.5, 0.6) is 0 Å². The van der Waals surface area contributed by atoms with Crippen molar-refractivity contribution in [1.29, 1.82) is 0 Å². The van der Waals surface area contributed by atoms with Gasteiger partial charge in [-0.3, -0.25) is 15.1 Å². The van der Waals surface area contributed by atoms with Crippen LogP contribution < -0.4 is 5.48 Å². The Hall–Kier alpha value is -2.14. The number of nitrogens with zero attached hydrogens (tertiary/aromatic N) is 1. The standard InChI is InChI=1S/C12H13N3O2/c1-8-10(7-11(16)15-17)12(14-13-8)9-5-3-2-4-6-9/h2-6,17H,7H2,1H3,(H,13,14)(H,15,16). The average molecular weight is 231 g/mol. The molecule has 0 radical (unpaired) electrons. The number of hydrogen-bond acceptors (Lipinski definition) is 3. The molecule has 0 spiro atoms. The second-order valence-electron chi connectivity index (χ2n) is 3.75. The van der Waals surface area contributed by atoms with Gasteiger partial charge in [-0.05, 0) is 6.92 Å². The van der Waals surface area contributed by atoms with Crippen molar-refractivity contribution < 1.29 is 10.0 Å². The molecule has 0 saturated heterocycles. The van der Waals surface area contributed by atoms with Gasteiger partial charge in [0.05, 0.1) is 12.1 Å². The minimum atomic E-state index is -0.452. The molecule has 1 heterocycles. The Morgan fingerprint density at radius 2 is 2.12 bits per heavy atom. The lowest BCUT2D eigenvalue weighted by atomic mass is 10.0. The van der Waals surface area contributed by atoms with Gasteiger partial charge < -0.3 is 0 Å². The second kappa shape index (κ2) is 4.80. The van der Waals surface area contributed by atoms with Crippen LogP contribution in [0.3, 0.4) is 0 Å². The summed E-state index contributed by atoms with van der Waals surface area (Å²) >= 11 is 0. The van der Waals surface area contributed by atoms with Gasteiger partial charge in [0.15, 0.2) is 0 Å². The number of rotatable bonds is 3. The van der Waals surface area contributed by atoms with E-state index < -0.39 is 5.91 Å². The summed E-state index contributed by atoms with van der Waals surface area (Å²) in [7, 11) is 0. The molecule has 0 aliphatic heterocycles. The maximum absolute atomic E-state index is 11.2. The van der Waals surface area contributed by atoms with Gasteiger partial charge in [-0.2, -0.15) is 5.10 Å². The van der Waals surface area contributed by atoms with Crippen LogP contribution in [0, 0.1) is 6.92 Å². The fourth-order valence-corrected chi connectivity index (χ4v) is 1.70. The lowest BCUT2D eigenvalue weighted by Gasteiger charge is -2.02. The summed E-state index contributed by atoms with van der Waals surface area (Å²) in [5.41, 5.74) is 4.93. The van der Waals surface area contributed by atoms with Crippen molar-refractivity contribution in [3.8, 4) is 11.3 Å². The first-order chi connectivity index (χ1) is 8.22. The van der Waals surface area contributed by atoms with Crippen molar-refractivity contribution in [3.63, 3.8) is 0 Å². The Labute approximate surface area is 98.4 Å². The molecule has 0 atom stereocenters. The van der Waals surface area contributed by atoms with E-state index in [4.69, 9.17) is 5.21 Å². The number of nitrogens with one attached hydrogen (secondary N) is 2. The van der Waals surface area contributed by atoms with Crippen LogP contribution in [-0.2, 0) is 11.2 Å². The molecule has 0 aliphatic carbocycles. The van der Waals surface area contributed by atoms with Gasteiger partial charge in [-0.15, -0.1) is 0 Å². The maximum atomic E-state index is 11.2. The minimum absolute atomic E-state index is 0.100. The monoisotopic (exact) mass is 231 g/mol. The van der Waals surface area contributed by atoms with Gasteiger partial charge in [0.1, 0.15) is 0 Å². The van der Waals surface area contributed by atoms with Crippen LogP contribution in [0.25, 0.3) is 11.3 Å². The molecule has 1 aromatic carbocycles. The molecule has 0 saturated carbocycles. The predicted octanol–water partition coefficient (Wildman–Crippen LogP) is 1.43. The van der Waals surface area contributed by atoms with Crippen LogP contribution in [0.1, 0.15) is 11.3 Å². The van der Waals surface area contributed by atoms with Crippen molar-refractivity contribution >= 4 is 5.91 Å². The minimum Gasteiger partial charge on any atom is -0.289 e. The van der Waals surface area contributed by atoms with Gasteiger partial charge >= 0.3 is 0 Å². The van der Waals surface area contributed by atoms with E-state index in [1.807, 2.05) is 37.3 Å². The number of aryl methyl sites for hydroxylation is 1. The van der Waals surface area contributed by atoms with Crippen molar-refractivity contribution in [1.82, 2.24) is 15.7 Å². The first-order valence-corrected chi connectivity index (χ1v) is 5.24. The van der Waals surface area contributed by atoms with Crippen LogP contribution >= 0.6 is 0 Å². The Kier molecular flexibility index (Phi) is 3.20. The summed E-state index contributed by atoms with van der Waals surface area (Å²) in [6.07, 6.45) is 0.100. The number of aromatic nitrogens is 2. The SMILES string of the molecule is Cc1[nH]nc(-c2ccccc2)c1CC(=O)NO. The quantitative estimate of drug-likeness (QED) is 0.552. The zero-order valence-electron chi connectivity index (χ0n) is 9.40. The lowest BCUT2D eigenvalue weighted by Crippen LogP contribution is -2.21. The third-order valence-electron chi connectivity index (χ3n) is 2.58. The largest absolute Gasteiger partial charge is 0.289 e. The number of H-pyrrole nitrogens is 1. The zero-order valence-corrected chi connectivity index (χ0v) is 9.40. The number of hydrogen-bond donors (Lipinski definition) is 3. The molecular weight excluding hydrogens is 218 g/mol. The normalized spacial score (nSPS) is 10.2. The summed E-state index contributed by atoms with van der Waals surface area (Å²) < 4.78 is 0. The van der Waals surface area contributed by atoms with E-state index in [1.54, 1.807) is 5.48 Å². The van der Waals surface area contributed by atoms with Gasteiger partial charge in [0.25, 0.3) is 0 Å². The topological polar surface area (TPSA) is 78.0 Å². The summed E-state index contributed by atoms with van der Waals surface area (Å²) in [6, 6.07) is 9.60. The van der Waals surface area contributed by atoms with Crippen molar-refractivity contribution in [3.05, 3.63) is 41.6 Å². The third kappa shape index (κ3) is 2.34. The average Bonchev–Trinajstić information content (AvgIpc) is 2.72. The maximum Gasteiger partial charge on any atom is 0.247 e. The molecule has 2 aromatic rings. The van der Waals surface area contributed by atoms with Gasteiger partial charge in [0, 0.05) is 16.8 Å². The van der Waals surface area contributed by atoms with Crippen molar-refractivity contribution in [2.45, 2.75) is 13.3 Å². The first kappa shape index (κ1) is 11.3. The van der Waals surface area contributed by atoms with Crippen LogP contribution in [0.4, 0.5) is 0 Å². The van der Waals surface area contributed by atoms with Gasteiger partial charge in [-0.1, -0.05) is 30.3 Å². The Morgan fingerprint density at radius 1 is 1.41 bits per heavy atom. The van der Waals surface area contributed by atoms with Crippen molar-refractivity contribution in [2.75, 3.05) is 0 Å². The van der Waals surface area contributed by atoms with E-state index in [1.165, 1.54) is 0 Å². The van der Waals surface area contributed by atoms with E-state index in [2.05, 4.69) is 10.2 Å². The Balaban J connectivity index is 2.39. The highest BCUT2D eigenvalue weighted by atomic mass is 16.5. The number of aromatic amines is 1. The number of benzene rings is 1. The fourth-order valence-electron chi connectivity index (χ4n) is 1.70. The molecule has 1 aromatic heterocycles. The van der Waals surface area contributed by atoms with Gasteiger partial charge in [0.2, 0.25) is 5.91 Å². The van der Waals surface area contributed by atoms with E-state index in [0.717, 1.165) is 22.5 Å². The predicted molar refractivity (Wildman–Crippen MR) is 62.4 cm³/mol. The second-order valence-corrected chi connectivity index (χ2v) is 3.75. The highest BCUT2D eigenvalue weighted by Crippen LogP contribution is 2.23. The fraction of sp³-hybridized carbons (Fsp3) is 0.167.